The van der Waals surface area contributed by atoms with Crippen LogP contribution < -0.4 is 0 Å². The third-order valence-corrected chi connectivity index (χ3v) is 14.7. The van der Waals surface area contributed by atoms with Crippen LogP contribution in [0.2, 0.25) is 19.6 Å². The maximum atomic E-state index is 13.3. The summed E-state index contributed by atoms with van der Waals surface area (Å²) in [5, 5.41) is 0. The summed E-state index contributed by atoms with van der Waals surface area (Å²) in [5.74, 6) is 2.95. The molecule has 2 aromatic carbocycles. The van der Waals surface area contributed by atoms with Crippen molar-refractivity contribution in [3.8, 4) is 0 Å². The highest BCUT2D eigenvalue weighted by molar-refractivity contribution is 6.69. The van der Waals surface area contributed by atoms with E-state index in [4.69, 9.17) is 13.9 Å². The second-order valence-corrected chi connectivity index (χ2v) is 22.7. The summed E-state index contributed by atoms with van der Waals surface area (Å²) in [5.41, 5.74) is 2.77. The van der Waals surface area contributed by atoms with Gasteiger partial charge < -0.3 is 13.9 Å². The van der Waals surface area contributed by atoms with Crippen LogP contribution in [0.15, 0.2) is 72.3 Å². The van der Waals surface area contributed by atoms with Crippen LogP contribution in [0.4, 0.5) is 0 Å². The van der Waals surface area contributed by atoms with Crippen molar-refractivity contribution >= 4 is 20.3 Å². The molecule has 0 N–H and O–H groups in total. The molecule has 0 radical (unpaired) electrons. The van der Waals surface area contributed by atoms with Gasteiger partial charge in [-0.15, -0.1) is 0 Å². The molecule has 0 heterocycles. The first-order valence-corrected chi connectivity index (χ1v) is 22.9. The molecular formula is C44H62O5Si. The summed E-state index contributed by atoms with van der Waals surface area (Å²) in [6.07, 6.45) is 13.4. The van der Waals surface area contributed by atoms with E-state index in [0.29, 0.717) is 34.3 Å². The fraction of sp³-hybridized carbons (Fsp3) is 0.636. The van der Waals surface area contributed by atoms with E-state index in [0.717, 1.165) is 50.4 Å². The molecule has 4 aliphatic rings. The Morgan fingerprint density at radius 3 is 2.12 bits per heavy atom. The molecule has 272 valence electrons. The number of allylic oxidation sites excluding steroid dienone is 1. The van der Waals surface area contributed by atoms with E-state index in [1.54, 1.807) is 5.57 Å². The first kappa shape index (κ1) is 37.1. The zero-order valence-corrected chi connectivity index (χ0v) is 33.0. The van der Waals surface area contributed by atoms with Crippen molar-refractivity contribution in [3.05, 3.63) is 83.4 Å². The molecule has 2 aromatic rings. The predicted molar refractivity (Wildman–Crippen MR) is 203 cm³/mol. The maximum Gasteiger partial charge on any atom is 0.338 e. The highest BCUT2D eigenvalue weighted by Gasteiger charge is 2.59. The third-order valence-electron chi connectivity index (χ3n) is 13.6. The quantitative estimate of drug-likeness (QED) is 0.133. The van der Waals surface area contributed by atoms with Gasteiger partial charge in [0.05, 0.1) is 16.7 Å². The Kier molecular flexibility index (Phi) is 10.7. The van der Waals surface area contributed by atoms with Crippen molar-refractivity contribution in [1.29, 1.82) is 0 Å². The van der Waals surface area contributed by atoms with Crippen LogP contribution in [-0.2, 0) is 13.9 Å². The molecule has 3 saturated carbocycles. The van der Waals surface area contributed by atoms with Crippen molar-refractivity contribution in [1.82, 2.24) is 0 Å². The van der Waals surface area contributed by atoms with Crippen LogP contribution >= 0.6 is 0 Å². The van der Waals surface area contributed by atoms with Gasteiger partial charge in [-0.05, 0) is 156 Å². The zero-order chi connectivity index (χ0) is 35.9. The predicted octanol–water partition coefficient (Wildman–Crippen LogP) is 11.1. The van der Waals surface area contributed by atoms with E-state index in [9.17, 15) is 9.59 Å². The normalized spacial score (nSPS) is 32.1. The maximum absolute atomic E-state index is 13.3. The highest BCUT2D eigenvalue weighted by atomic mass is 28.4. The van der Waals surface area contributed by atoms with Gasteiger partial charge in [0.2, 0.25) is 0 Å². The van der Waals surface area contributed by atoms with E-state index >= 15 is 0 Å². The van der Waals surface area contributed by atoms with E-state index < -0.39 is 13.9 Å². The van der Waals surface area contributed by atoms with Crippen LogP contribution in [0, 0.1) is 40.4 Å². The second-order valence-electron chi connectivity index (χ2n) is 18.3. The zero-order valence-electron chi connectivity index (χ0n) is 32.0. The van der Waals surface area contributed by atoms with Crippen LogP contribution in [0.1, 0.15) is 120 Å². The smallest absolute Gasteiger partial charge is 0.338 e. The number of ether oxygens (including phenoxy) is 2. The number of benzene rings is 2. The van der Waals surface area contributed by atoms with Gasteiger partial charge in [0.1, 0.15) is 12.2 Å². The molecule has 0 aromatic heterocycles. The minimum atomic E-state index is -1.88. The van der Waals surface area contributed by atoms with E-state index in [1.807, 2.05) is 60.7 Å². The minimum Gasteiger partial charge on any atom is -0.458 e. The Morgan fingerprint density at radius 2 is 1.48 bits per heavy atom. The summed E-state index contributed by atoms with van der Waals surface area (Å²) in [7, 11) is -1.88. The largest absolute Gasteiger partial charge is 0.458 e. The summed E-state index contributed by atoms with van der Waals surface area (Å²) >= 11 is 0. The Morgan fingerprint density at radius 1 is 0.840 bits per heavy atom. The van der Waals surface area contributed by atoms with Crippen LogP contribution in [-0.4, -0.2) is 38.1 Å². The topological polar surface area (TPSA) is 61.8 Å². The molecule has 4 aliphatic carbocycles. The molecular weight excluding hydrogens is 637 g/mol. The van der Waals surface area contributed by atoms with Crippen molar-refractivity contribution in [3.63, 3.8) is 0 Å². The lowest BCUT2D eigenvalue weighted by atomic mass is 9.47. The van der Waals surface area contributed by atoms with Crippen molar-refractivity contribution in [2.45, 2.75) is 136 Å². The summed E-state index contributed by atoms with van der Waals surface area (Å²) in [6.45, 7) is 18.5. The fourth-order valence-electron chi connectivity index (χ4n) is 11.3. The number of hydrogen-bond donors (Lipinski definition) is 0. The monoisotopic (exact) mass is 698 g/mol. The van der Waals surface area contributed by atoms with Gasteiger partial charge in [0.15, 0.2) is 8.32 Å². The average molecular weight is 699 g/mol. The molecule has 0 amide bonds. The highest BCUT2D eigenvalue weighted by Crippen LogP contribution is 2.67. The van der Waals surface area contributed by atoms with Crippen molar-refractivity contribution < 1.29 is 23.5 Å². The standard InChI is InChI=1S/C44H62O5Si/c1-30(19-24-39(42(2,3)49-50(6,7)8)48-41(46)32-17-13-10-14-18-32)36-22-23-37-35-21-20-33-29-34(47-40(45)31-15-11-9-12-16-31)25-27-43(33,4)38(35)26-28-44(36,37)5/h9-18,20,30,34-39H,19,21-29H2,1-8H3/t30-,34?,35+,36-,37+,38+,39+,43+,44-/m1/s1. The molecule has 5 nitrogen and oxygen atoms in total. The number of carbonyl (C=O) groups is 2. The number of esters is 2. The summed E-state index contributed by atoms with van der Waals surface area (Å²) < 4.78 is 19.0. The van der Waals surface area contributed by atoms with Gasteiger partial charge in [-0.2, -0.15) is 0 Å². The van der Waals surface area contributed by atoms with E-state index in [-0.39, 0.29) is 29.6 Å². The molecule has 6 heteroatoms. The first-order chi connectivity index (χ1) is 23.6. The van der Waals surface area contributed by atoms with Gasteiger partial charge in [0, 0.05) is 6.42 Å². The van der Waals surface area contributed by atoms with Gasteiger partial charge >= 0.3 is 11.9 Å². The Bertz CT molecular complexity index is 1530. The molecule has 6 rings (SSSR count). The average Bonchev–Trinajstić information content (AvgIpc) is 3.43. The Hall–Kier alpha value is -2.70. The lowest BCUT2D eigenvalue weighted by Gasteiger charge is -2.58. The van der Waals surface area contributed by atoms with Crippen molar-refractivity contribution in [2.24, 2.45) is 40.4 Å². The first-order valence-electron chi connectivity index (χ1n) is 19.5. The van der Waals surface area contributed by atoms with Crippen molar-refractivity contribution in [2.75, 3.05) is 0 Å². The summed E-state index contributed by atoms with van der Waals surface area (Å²) in [6, 6.07) is 18.8. The molecule has 0 saturated heterocycles. The Balaban J connectivity index is 1.11. The second kappa shape index (κ2) is 14.4. The third kappa shape index (κ3) is 7.58. The molecule has 0 aliphatic heterocycles. The lowest BCUT2D eigenvalue weighted by molar-refractivity contribution is -0.0683. The number of rotatable bonds is 11. The Labute approximate surface area is 303 Å². The fourth-order valence-corrected chi connectivity index (χ4v) is 13.0. The molecule has 1 unspecified atom stereocenters. The summed E-state index contributed by atoms with van der Waals surface area (Å²) in [4.78, 5) is 26.2. The van der Waals surface area contributed by atoms with Gasteiger partial charge in [-0.1, -0.05) is 68.8 Å². The van der Waals surface area contributed by atoms with E-state index in [2.05, 4.69) is 60.3 Å². The van der Waals surface area contributed by atoms with Gasteiger partial charge in [-0.25, -0.2) is 9.59 Å². The van der Waals surface area contributed by atoms with E-state index in [1.165, 1.54) is 25.7 Å². The van der Waals surface area contributed by atoms with Gasteiger partial charge in [-0.3, -0.25) is 0 Å². The van der Waals surface area contributed by atoms with Gasteiger partial charge in [0.25, 0.3) is 0 Å². The molecule has 50 heavy (non-hydrogen) atoms. The number of carbonyl (C=O) groups excluding carboxylic acids is 2. The number of hydrogen-bond acceptors (Lipinski definition) is 5. The van der Waals surface area contributed by atoms with Crippen LogP contribution in [0.3, 0.4) is 0 Å². The SMILES string of the molecule is C[C@H](CC[C@H](OC(=O)c1ccccc1)C(C)(C)O[Si](C)(C)C)[C@H]1CC[C@H]2[C@@H]3CC=C4CC(OC(=O)c5ccccc5)CC[C@]4(C)[C@H]3CC[C@]12C. The molecule has 3 fully saturated rings. The molecule has 0 bridgehead atoms. The minimum absolute atomic E-state index is 0.0268. The molecule has 9 atom stereocenters. The molecule has 0 spiro atoms. The number of fused-ring (bicyclic) bond motifs is 5. The van der Waals surface area contributed by atoms with Crippen LogP contribution in [0.5, 0.6) is 0 Å². The lowest BCUT2D eigenvalue weighted by Crippen LogP contribution is -2.51. The van der Waals surface area contributed by atoms with Crippen LogP contribution in [0.25, 0.3) is 0 Å².